The van der Waals surface area contributed by atoms with E-state index in [1.807, 2.05) is 26.8 Å². The molecule has 1 N–H and O–H groups in total. The van der Waals surface area contributed by atoms with Crippen LogP contribution in [0.1, 0.15) is 39.5 Å². The highest BCUT2D eigenvalue weighted by Gasteiger charge is 2.49. The van der Waals surface area contributed by atoms with E-state index in [-0.39, 0.29) is 17.2 Å². The molecule has 0 saturated carbocycles. The standard InChI is InChI=1S/C22H24N2O5S/c1-13-10-15(3)18(11-14(13)2)19(25)12-24-20(26)22(4,23-21(24)27)16-6-8-17(9-7-16)30(5,28)29/h6-11H,12H2,1-5H3,(H,23,27). The molecule has 0 aromatic heterocycles. The van der Waals surface area contributed by atoms with Gasteiger partial charge in [-0.3, -0.25) is 14.5 Å². The van der Waals surface area contributed by atoms with Gasteiger partial charge in [0.2, 0.25) is 0 Å². The Morgan fingerprint density at radius 1 is 1.00 bits per heavy atom. The number of benzene rings is 2. The van der Waals surface area contributed by atoms with Gasteiger partial charge in [-0.2, -0.15) is 0 Å². The average Bonchev–Trinajstić information content (AvgIpc) is 2.88. The second-order valence-corrected chi connectivity index (χ2v) is 9.93. The third kappa shape index (κ3) is 3.75. The summed E-state index contributed by atoms with van der Waals surface area (Å²) < 4.78 is 23.3. The lowest BCUT2D eigenvalue weighted by molar-refractivity contribution is -0.130. The summed E-state index contributed by atoms with van der Waals surface area (Å²) in [5, 5.41) is 2.63. The van der Waals surface area contributed by atoms with Gasteiger partial charge in [0.25, 0.3) is 5.91 Å². The number of rotatable bonds is 5. The van der Waals surface area contributed by atoms with Crippen molar-refractivity contribution in [3.63, 3.8) is 0 Å². The van der Waals surface area contributed by atoms with E-state index in [2.05, 4.69) is 5.32 Å². The van der Waals surface area contributed by atoms with Gasteiger partial charge in [0.05, 0.1) is 11.4 Å². The summed E-state index contributed by atoms with van der Waals surface area (Å²) in [6.07, 6.45) is 1.09. The van der Waals surface area contributed by atoms with Crippen LogP contribution in [0.2, 0.25) is 0 Å². The number of hydrogen-bond acceptors (Lipinski definition) is 5. The number of aryl methyl sites for hydroxylation is 3. The van der Waals surface area contributed by atoms with Crippen LogP contribution in [0.3, 0.4) is 0 Å². The molecule has 1 aliphatic heterocycles. The Morgan fingerprint density at radius 3 is 2.13 bits per heavy atom. The van der Waals surface area contributed by atoms with E-state index < -0.39 is 27.3 Å². The van der Waals surface area contributed by atoms with Gasteiger partial charge in [-0.15, -0.1) is 0 Å². The average molecular weight is 429 g/mol. The number of sulfone groups is 1. The minimum Gasteiger partial charge on any atom is -0.319 e. The van der Waals surface area contributed by atoms with Crippen LogP contribution < -0.4 is 5.32 Å². The molecule has 0 aliphatic carbocycles. The summed E-state index contributed by atoms with van der Waals surface area (Å²) in [6, 6.07) is 8.78. The zero-order chi connectivity index (χ0) is 22.4. The molecule has 2 aromatic carbocycles. The normalized spacial score (nSPS) is 19.2. The molecular formula is C22H24N2O5S. The molecule has 8 heteroatoms. The summed E-state index contributed by atoms with van der Waals surface area (Å²) >= 11 is 0. The Bertz CT molecular complexity index is 1170. The number of imide groups is 1. The molecule has 1 heterocycles. The van der Waals surface area contributed by atoms with Crippen molar-refractivity contribution in [1.29, 1.82) is 0 Å². The molecule has 1 aliphatic rings. The Kier molecular flexibility index (Phi) is 5.32. The minimum atomic E-state index is -3.38. The van der Waals surface area contributed by atoms with Crippen LogP contribution in [0.25, 0.3) is 0 Å². The summed E-state index contributed by atoms with van der Waals surface area (Å²) in [5.74, 6) is -0.884. The molecule has 2 aromatic rings. The summed E-state index contributed by atoms with van der Waals surface area (Å²) in [5.41, 5.74) is 2.33. The van der Waals surface area contributed by atoms with Gasteiger partial charge in [0, 0.05) is 11.8 Å². The van der Waals surface area contributed by atoms with Crippen LogP contribution in [0, 0.1) is 20.8 Å². The Labute approximate surface area is 176 Å². The number of Topliss-reactive ketones (excluding diaryl/α,β-unsaturated/α-hetero) is 1. The number of ketones is 1. The fourth-order valence-electron chi connectivity index (χ4n) is 3.56. The topological polar surface area (TPSA) is 101 Å². The lowest BCUT2D eigenvalue weighted by atomic mass is 9.92. The van der Waals surface area contributed by atoms with Gasteiger partial charge in [0.1, 0.15) is 5.54 Å². The molecule has 1 saturated heterocycles. The van der Waals surface area contributed by atoms with Crippen LogP contribution >= 0.6 is 0 Å². The van der Waals surface area contributed by atoms with Crippen molar-refractivity contribution in [1.82, 2.24) is 10.2 Å². The molecule has 3 rings (SSSR count). The largest absolute Gasteiger partial charge is 0.325 e. The highest BCUT2D eigenvalue weighted by Crippen LogP contribution is 2.30. The molecule has 1 atom stereocenters. The van der Waals surface area contributed by atoms with Crippen LogP contribution in [0.15, 0.2) is 41.3 Å². The second kappa shape index (κ2) is 7.36. The van der Waals surface area contributed by atoms with Gasteiger partial charge in [-0.25, -0.2) is 13.2 Å². The Morgan fingerprint density at radius 2 is 1.57 bits per heavy atom. The number of hydrogen-bond donors (Lipinski definition) is 1. The number of carbonyl (C=O) groups excluding carboxylic acids is 3. The van der Waals surface area contributed by atoms with Crippen molar-refractivity contribution in [2.75, 3.05) is 12.8 Å². The Hall–Kier alpha value is -3.00. The number of nitrogens with zero attached hydrogens (tertiary/aromatic N) is 1. The number of amides is 3. The third-order valence-electron chi connectivity index (χ3n) is 5.58. The van der Waals surface area contributed by atoms with Gasteiger partial charge >= 0.3 is 6.03 Å². The van der Waals surface area contributed by atoms with Crippen molar-refractivity contribution < 1.29 is 22.8 Å². The van der Waals surface area contributed by atoms with E-state index in [4.69, 9.17) is 0 Å². The van der Waals surface area contributed by atoms with Crippen molar-refractivity contribution in [3.8, 4) is 0 Å². The highest BCUT2D eigenvalue weighted by molar-refractivity contribution is 7.90. The fourth-order valence-corrected chi connectivity index (χ4v) is 4.19. The van der Waals surface area contributed by atoms with Crippen molar-refractivity contribution in [2.45, 2.75) is 38.1 Å². The molecule has 0 spiro atoms. The molecule has 7 nitrogen and oxygen atoms in total. The van der Waals surface area contributed by atoms with Gasteiger partial charge in [0.15, 0.2) is 15.6 Å². The lowest BCUT2D eigenvalue weighted by Crippen LogP contribution is -2.41. The van der Waals surface area contributed by atoms with Crippen molar-refractivity contribution in [2.24, 2.45) is 0 Å². The molecule has 1 fully saturated rings. The SMILES string of the molecule is Cc1cc(C)c(C(=O)CN2C(=O)NC(C)(c3ccc(S(C)(=O)=O)cc3)C2=O)cc1C. The van der Waals surface area contributed by atoms with Crippen molar-refractivity contribution >= 4 is 27.6 Å². The lowest BCUT2D eigenvalue weighted by Gasteiger charge is -2.22. The molecular weight excluding hydrogens is 404 g/mol. The quantitative estimate of drug-likeness (QED) is 0.583. The second-order valence-electron chi connectivity index (χ2n) is 7.92. The predicted molar refractivity (Wildman–Crippen MR) is 112 cm³/mol. The van der Waals surface area contributed by atoms with E-state index in [1.165, 1.54) is 31.2 Å². The van der Waals surface area contributed by atoms with Crippen LogP contribution in [0.4, 0.5) is 4.79 Å². The summed E-state index contributed by atoms with van der Waals surface area (Å²) in [6.45, 7) is 6.84. The maximum absolute atomic E-state index is 13.1. The number of carbonyl (C=O) groups is 3. The maximum atomic E-state index is 13.1. The summed E-state index contributed by atoms with van der Waals surface area (Å²) in [7, 11) is -3.38. The number of nitrogens with one attached hydrogen (secondary N) is 1. The predicted octanol–water partition coefficient (Wildman–Crippen LogP) is 2.67. The molecule has 0 radical (unpaired) electrons. The first-order chi connectivity index (χ1) is 13.8. The molecule has 1 unspecified atom stereocenters. The maximum Gasteiger partial charge on any atom is 0.325 e. The first-order valence-corrected chi connectivity index (χ1v) is 11.3. The fraction of sp³-hybridized carbons (Fsp3) is 0.318. The van der Waals surface area contributed by atoms with E-state index in [1.54, 1.807) is 6.07 Å². The molecule has 30 heavy (non-hydrogen) atoms. The zero-order valence-electron chi connectivity index (χ0n) is 17.6. The summed E-state index contributed by atoms with van der Waals surface area (Å²) in [4.78, 5) is 39.4. The van der Waals surface area contributed by atoms with Crippen LogP contribution in [0.5, 0.6) is 0 Å². The minimum absolute atomic E-state index is 0.115. The van der Waals surface area contributed by atoms with E-state index in [0.717, 1.165) is 27.8 Å². The first-order valence-electron chi connectivity index (χ1n) is 9.40. The number of urea groups is 1. The molecule has 0 bridgehead atoms. The monoisotopic (exact) mass is 428 g/mol. The van der Waals surface area contributed by atoms with E-state index in [9.17, 15) is 22.8 Å². The van der Waals surface area contributed by atoms with E-state index >= 15 is 0 Å². The van der Waals surface area contributed by atoms with Crippen LogP contribution in [-0.4, -0.2) is 43.8 Å². The highest BCUT2D eigenvalue weighted by atomic mass is 32.2. The van der Waals surface area contributed by atoms with Gasteiger partial charge in [-0.05, 0) is 68.1 Å². The van der Waals surface area contributed by atoms with Gasteiger partial charge < -0.3 is 5.32 Å². The molecule has 3 amide bonds. The third-order valence-corrected chi connectivity index (χ3v) is 6.71. The van der Waals surface area contributed by atoms with Crippen LogP contribution in [-0.2, 0) is 20.2 Å². The van der Waals surface area contributed by atoms with E-state index in [0.29, 0.717) is 11.1 Å². The van der Waals surface area contributed by atoms with Crippen molar-refractivity contribution in [3.05, 3.63) is 64.2 Å². The smallest absolute Gasteiger partial charge is 0.319 e. The molecule has 158 valence electrons. The van der Waals surface area contributed by atoms with Gasteiger partial charge in [-0.1, -0.05) is 18.2 Å². The zero-order valence-corrected chi connectivity index (χ0v) is 18.4. The Balaban J connectivity index is 1.87. The first kappa shape index (κ1) is 21.7.